The van der Waals surface area contributed by atoms with Crippen LogP contribution in [0.2, 0.25) is 0 Å². The molecule has 0 aliphatic heterocycles. The Morgan fingerprint density at radius 2 is 1.47 bits per heavy atom. The number of hydrogen-bond donors (Lipinski definition) is 6. The van der Waals surface area contributed by atoms with Crippen molar-refractivity contribution in [1.82, 2.24) is 16.0 Å². The average molecular weight is 450 g/mol. The Bertz CT molecular complexity index is 814. The molecule has 0 aliphatic carbocycles. The van der Waals surface area contributed by atoms with E-state index >= 15 is 0 Å². The highest BCUT2D eigenvalue weighted by atomic mass is 16.4. The van der Waals surface area contributed by atoms with Crippen LogP contribution in [0.5, 0.6) is 0 Å². The Balaban J connectivity index is 2.98. The van der Waals surface area contributed by atoms with E-state index in [2.05, 4.69) is 16.0 Å². The van der Waals surface area contributed by atoms with Crippen molar-refractivity contribution in [1.29, 1.82) is 0 Å². The number of nitrogens with two attached hydrogens (primary N) is 1. The molecular weight excluding hydrogens is 420 g/mol. The number of amides is 3. The van der Waals surface area contributed by atoms with Gasteiger partial charge >= 0.3 is 11.9 Å². The second-order valence-electron chi connectivity index (χ2n) is 7.76. The first kappa shape index (κ1) is 26.6. The number of nitrogens with one attached hydrogen (secondary N) is 3. The first-order valence-electron chi connectivity index (χ1n) is 10.1. The molecule has 0 bridgehead atoms. The van der Waals surface area contributed by atoms with Gasteiger partial charge in [-0.1, -0.05) is 44.2 Å². The quantitative estimate of drug-likeness (QED) is 0.226. The Hall–Kier alpha value is -3.47. The number of rotatable bonds is 13. The second-order valence-corrected chi connectivity index (χ2v) is 7.76. The molecule has 1 aromatic rings. The standard InChI is InChI=1S/C21H30N4O7/c1-12(2)8-15(24-19(30)14(22)10-17(26)27)21(32)25-16(20(31)23-11-18(28)29)9-13-6-4-3-5-7-13/h3-7,12,14-16H,8-11,22H2,1-2H3,(H,23,31)(H,24,30)(H,25,32)(H,26,27)(H,28,29). The number of carboxylic acid groups (broad SMARTS) is 2. The van der Waals surface area contributed by atoms with Crippen LogP contribution in [-0.4, -0.2) is 64.5 Å². The van der Waals surface area contributed by atoms with Gasteiger partial charge in [0.25, 0.3) is 0 Å². The maximum absolute atomic E-state index is 12.9. The molecule has 3 unspecified atom stereocenters. The van der Waals surface area contributed by atoms with E-state index in [1.165, 1.54) is 0 Å². The molecule has 0 heterocycles. The van der Waals surface area contributed by atoms with Crippen LogP contribution in [0.25, 0.3) is 0 Å². The summed E-state index contributed by atoms with van der Waals surface area (Å²) in [7, 11) is 0. The van der Waals surface area contributed by atoms with Gasteiger partial charge in [0, 0.05) is 6.42 Å². The fourth-order valence-electron chi connectivity index (χ4n) is 2.88. The van der Waals surface area contributed by atoms with Gasteiger partial charge in [0.05, 0.1) is 12.5 Å². The third kappa shape index (κ3) is 10.0. The number of hydrogen-bond acceptors (Lipinski definition) is 6. The third-order valence-corrected chi connectivity index (χ3v) is 4.40. The molecule has 11 heteroatoms. The second kappa shape index (κ2) is 13.1. The van der Waals surface area contributed by atoms with Crippen LogP contribution in [0.4, 0.5) is 0 Å². The number of benzene rings is 1. The lowest BCUT2D eigenvalue weighted by Gasteiger charge is -2.25. The predicted octanol–water partition coefficient (Wildman–Crippen LogP) is -0.752. The Labute approximate surface area is 185 Å². The van der Waals surface area contributed by atoms with Gasteiger partial charge in [-0.25, -0.2) is 0 Å². The fraction of sp³-hybridized carbons (Fsp3) is 0.476. The molecule has 0 saturated carbocycles. The molecule has 0 fully saturated rings. The van der Waals surface area contributed by atoms with Crippen molar-refractivity contribution >= 4 is 29.7 Å². The highest BCUT2D eigenvalue weighted by Crippen LogP contribution is 2.08. The molecule has 0 saturated heterocycles. The number of carbonyl (C=O) groups is 5. The highest BCUT2D eigenvalue weighted by molar-refractivity contribution is 5.94. The first-order chi connectivity index (χ1) is 15.0. The van der Waals surface area contributed by atoms with Gasteiger partial charge in [-0.15, -0.1) is 0 Å². The largest absolute Gasteiger partial charge is 0.481 e. The fourth-order valence-corrected chi connectivity index (χ4v) is 2.88. The van der Waals surface area contributed by atoms with Gasteiger partial charge in [-0.05, 0) is 17.9 Å². The molecule has 0 spiro atoms. The zero-order chi connectivity index (χ0) is 24.3. The van der Waals surface area contributed by atoms with Crippen molar-refractivity contribution in [3.05, 3.63) is 35.9 Å². The van der Waals surface area contributed by atoms with Gasteiger partial charge in [0.15, 0.2) is 0 Å². The molecule has 3 atom stereocenters. The minimum atomic E-state index is -1.34. The lowest BCUT2D eigenvalue weighted by molar-refractivity contribution is -0.140. The molecule has 1 aromatic carbocycles. The van der Waals surface area contributed by atoms with Gasteiger partial charge in [-0.3, -0.25) is 24.0 Å². The van der Waals surface area contributed by atoms with E-state index in [9.17, 15) is 24.0 Å². The van der Waals surface area contributed by atoms with Gasteiger partial charge in [0.2, 0.25) is 17.7 Å². The molecule has 11 nitrogen and oxygen atoms in total. The number of aliphatic carboxylic acids is 2. The molecular formula is C21H30N4O7. The molecule has 0 radical (unpaired) electrons. The van der Waals surface area contributed by atoms with Crippen molar-refractivity contribution in [3.8, 4) is 0 Å². The van der Waals surface area contributed by atoms with Gasteiger partial charge < -0.3 is 31.9 Å². The summed E-state index contributed by atoms with van der Waals surface area (Å²) < 4.78 is 0. The summed E-state index contributed by atoms with van der Waals surface area (Å²) in [5, 5.41) is 24.9. The maximum Gasteiger partial charge on any atom is 0.322 e. The molecule has 1 rings (SSSR count). The van der Waals surface area contributed by atoms with Crippen LogP contribution in [0.15, 0.2) is 30.3 Å². The zero-order valence-electron chi connectivity index (χ0n) is 18.0. The minimum absolute atomic E-state index is 0.0184. The molecule has 0 aromatic heterocycles. The average Bonchev–Trinajstić information content (AvgIpc) is 2.70. The minimum Gasteiger partial charge on any atom is -0.481 e. The highest BCUT2D eigenvalue weighted by Gasteiger charge is 2.29. The van der Waals surface area contributed by atoms with Crippen molar-refractivity contribution in [3.63, 3.8) is 0 Å². The van der Waals surface area contributed by atoms with Crippen LogP contribution >= 0.6 is 0 Å². The summed E-state index contributed by atoms with van der Waals surface area (Å²) >= 11 is 0. The molecule has 32 heavy (non-hydrogen) atoms. The van der Waals surface area contributed by atoms with E-state index in [0.29, 0.717) is 0 Å². The summed E-state index contributed by atoms with van der Waals surface area (Å²) in [6.45, 7) is 3.03. The first-order valence-corrected chi connectivity index (χ1v) is 10.1. The van der Waals surface area contributed by atoms with E-state index in [0.717, 1.165) is 5.56 Å². The summed E-state index contributed by atoms with van der Waals surface area (Å²) in [4.78, 5) is 59.3. The monoisotopic (exact) mass is 450 g/mol. The normalized spacial score (nSPS) is 13.5. The van der Waals surface area contributed by atoms with E-state index < -0.39 is 60.8 Å². The summed E-state index contributed by atoms with van der Waals surface area (Å²) in [6.07, 6.45) is -0.291. The third-order valence-electron chi connectivity index (χ3n) is 4.40. The number of carbonyl (C=O) groups excluding carboxylic acids is 3. The lowest BCUT2D eigenvalue weighted by atomic mass is 10.0. The Kier molecular flexibility index (Phi) is 10.8. The Morgan fingerprint density at radius 3 is 2.00 bits per heavy atom. The smallest absolute Gasteiger partial charge is 0.322 e. The van der Waals surface area contributed by atoms with Crippen LogP contribution < -0.4 is 21.7 Å². The molecule has 7 N–H and O–H groups in total. The SMILES string of the molecule is CC(C)CC(NC(=O)C(N)CC(=O)O)C(=O)NC(Cc1ccccc1)C(=O)NCC(=O)O. The van der Waals surface area contributed by atoms with E-state index in [1.807, 2.05) is 13.8 Å². The van der Waals surface area contributed by atoms with Crippen molar-refractivity contribution in [2.75, 3.05) is 6.54 Å². The van der Waals surface area contributed by atoms with Crippen molar-refractivity contribution in [2.45, 2.75) is 51.2 Å². The molecule has 3 amide bonds. The van der Waals surface area contributed by atoms with Gasteiger partial charge in [0.1, 0.15) is 18.6 Å². The lowest BCUT2D eigenvalue weighted by Crippen LogP contribution is -2.57. The van der Waals surface area contributed by atoms with E-state index in [4.69, 9.17) is 15.9 Å². The van der Waals surface area contributed by atoms with Crippen molar-refractivity contribution in [2.24, 2.45) is 11.7 Å². The van der Waals surface area contributed by atoms with Crippen LogP contribution in [-0.2, 0) is 30.4 Å². The van der Waals surface area contributed by atoms with E-state index in [1.54, 1.807) is 30.3 Å². The van der Waals surface area contributed by atoms with Crippen LogP contribution in [0.1, 0.15) is 32.3 Å². The van der Waals surface area contributed by atoms with Crippen LogP contribution in [0.3, 0.4) is 0 Å². The predicted molar refractivity (Wildman–Crippen MR) is 114 cm³/mol. The summed E-state index contributed by atoms with van der Waals surface area (Å²) in [6, 6.07) is 5.31. The summed E-state index contributed by atoms with van der Waals surface area (Å²) in [5.74, 6) is -4.67. The maximum atomic E-state index is 12.9. The Morgan fingerprint density at radius 1 is 0.875 bits per heavy atom. The topological polar surface area (TPSA) is 188 Å². The number of carboxylic acids is 2. The van der Waals surface area contributed by atoms with Crippen molar-refractivity contribution < 1.29 is 34.2 Å². The van der Waals surface area contributed by atoms with Gasteiger partial charge in [-0.2, -0.15) is 0 Å². The summed E-state index contributed by atoms with van der Waals surface area (Å²) in [5.41, 5.74) is 6.31. The molecule has 176 valence electrons. The molecule has 0 aliphatic rings. The zero-order valence-corrected chi connectivity index (χ0v) is 18.0. The van der Waals surface area contributed by atoms with E-state index in [-0.39, 0.29) is 18.8 Å². The van der Waals surface area contributed by atoms with Crippen LogP contribution in [0, 0.1) is 5.92 Å².